The molecule has 5 nitrogen and oxygen atoms in total. The first-order valence-corrected chi connectivity index (χ1v) is 10.2. The van der Waals surface area contributed by atoms with Gasteiger partial charge in [0.15, 0.2) is 11.9 Å². The van der Waals surface area contributed by atoms with Gasteiger partial charge in [-0.05, 0) is 31.7 Å². The molecular weight excluding hydrogens is 366 g/mol. The van der Waals surface area contributed by atoms with Gasteiger partial charge >= 0.3 is 5.97 Å². The summed E-state index contributed by atoms with van der Waals surface area (Å²) in [6, 6.07) is 15.3. The lowest BCUT2D eigenvalue weighted by atomic mass is 9.89. The number of amides is 1. The van der Waals surface area contributed by atoms with Crippen molar-refractivity contribution in [2.45, 2.75) is 45.1 Å². The smallest absolute Gasteiger partial charge is 0.339 e. The fourth-order valence-corrected chi connectivity index (χ4v) is 3.66. The van der Waals surface area contributed by atoms with E-state index in [1.165, 1.54) is 19.3 Å². The predicted octanol–water partition coefficient (Wildman–Crippen LogP) is 4.16. The molecule has 0 bridgehead atoms. The van der Waals surface area contributed by atoms with Crippen LogP contribution in [0.15, 0.2) is 54.6 Å². The summed E-state index contributed by atoms with van der Waals surface area (Å²) in [6.45, 7) is 2.17. The Morgan fingerprint density at radius 3 is 2.24 bits per heavy atom. The van der Waals surface area contributed by atoms with Crippen LogP contribution in [0.5, 0.6) is 0 Å². The highest BCUT2D eigenvalue weighted by molar-refractivity contribution is 6.14. The van der Waals surface area contributed by atoms with Crippen LogP contribution in [-0.2, 0) is 9.53 Å². The molecule has 1 aliphatic rings. The van der Waals surface area contributed by atoms with Crippen LogP contribution in [0.3, 0.4) is 0 Å². The zero-order valence-corrected chi connectivity index (χ0v) is 16.7. The van der Waals surface area contributed by atoms with E-state index in [0.29, 0.717) is 18.0 Å². The van der Waals surface area contributed by atoms with E-state index in [-0.39, 0.29) is 22.8 Å². The quantitative estimate of drug-likeness (QED) is 0.566. The van der Waals surface area contributed by atoms with E-state index >= 15 is 0 Å². The van der Waals surface area contributed by atoms with Gasteiger partial charge in [0.2, 0.25) is 0 Å². The van der Waals surface area contributed by atoms with Crippen molar-refractivity contribution in [3.8, 4) is 0 Å². The number of nitrogens with one attached hydrogen (secondary N) is 1. The van der Waals surface area contributed by atoms with E-state index in [9.17, 15) is 14.4 Å². The minimum absolute atomic E-state index is 0.160. The second-order valence-corrected chi connectivity index (χ2v) is 7.54. The molecule has 1 N–H and O–H groups in total. The Labute approximate surface area is 171 Å². The van der Waals surface area contributed by atoms with Crippen molar-refractivity contribution in [1.82, 2.24) is 5.32 Å². The number of carbonyl (C=O) groups is 3. The SMILES string of the molecule is CC(OC(=O)c1ccccc1C(=O)c1ccccc1)C(=O)NCC1CCCCC1. The van der Waals surface area contributed by atoms with E-state index in [4.69, 9.17) is 4.74 Å². The molecule has 1 saturated carbocycles. The van der Waals surface area contributed by atoms with Crippen molar-refractivity contribution in [3.05, 3.63) is 71.3 Å². The number of rotatable bonds is 7. The van der Waals surface area contributed by atoms with Crippen molar-refractivity contribution in [1.29, 1.82) is 0 Å². The Kier molecular flexibility index (Phi) is 7.17. The highest BCUT2D eigenvalue weighted by atomic mass is 16.5. The maximum atomic E-state index is 12.8. The molecular formula is C24H27NO4. The lowest BCUT2D eigenvalue weighted by Crippen LogP contribution is -2.38. The minimum Gasteiger partial charge on any atom is -0.449 e. The van der Waals surface area contributed by atoms with E-state index in [1.54, 1.807) is 55.5 Å². The van der Waals surface area contributed by atoms with Crippen LogP contribution >= 0.6 is 0 Å². The molecule has 1 fully saturated rings. The van der Waals surface area contributed by atoms with Gasteiger partial charge in [-0.25, -0.2) is 4.79 Å². The summed E-state index contributed by atoms with van der Waals surface area (Å²) in [7, 11) is 0. The average Bonchev–Trinajstić information content (AvgIpc) is 2.78. The zero-order chi connectivity index (χ0) is 20.6. The topological polar surface area (TPSA) is 72.5 Å². The van der Waals surface area contributed by atoms with Gasteiger partial charge in [-0.2, -0.15) is 0 Å². The van der Waals surface area contributed by atoms with Gasteiger partial charge in [0, 0.05) is 17.7 Å². The third-order valence-electron chi connectivity index (χ3n) is 5.37. The summed E-state index contributed by atoms with van der Waals surface area (Å²) in [5.41, 5.74) is 0.915. The summed E-state index contributed by atoms with van der Waals surface area (Å²) < 4.78 is 5.36. The highest BCUT2D eigenvalue weighted by Gasteiger charge is 2.24. The predicted molar refractivity (Wildman–Crippen MR) is 111 cm³/mol. The summed E-state index contributed by atoms with van der Waals surface area (Å²) in [6.07, 6.45) is 5.01. The fraction of sp³-hybridized carbons (Fsp3) is 0.375. The summed E-state index contributed by atoms with van der Waals surface area (Å²) in [5.74, 6) is -0.742. The van der Waals surface area contributed by atoms with E-state index in [0.717, 1.165) is 12.8 Å². The molecule has 1 amide bonds. The molecule has 5 heteroatoms. The zero-order valence-electron chi connectivity index (χ0n) is 16.7. The molecule has 1 unspecified atom stereocenters. The average molecular weight is 393 g/mol. The molecule has 152 valence electrons. The lowest BCUT2D eigenvalue weighted by molar-refractivity contribution is -0.129. The Morgan fingerprint density at radius 1 is 0.931 bits per heavy atom. The molecule has 1 aliphatic carbocycles. The molecule has 0 heterocycles. The van der Waals surface area contributed by atoms with Crippen LogP contribution < -0.4 is 5.32 Å². The Hall–Kier alpha value is -2.95. The molecule has 0 saturated heterocycles. The van der Waals surface area contributed by atoms with E-state index in [1.807, 2.05) is 6.07 Å². The number of ether oxygens (including phenoxy) is 1. The second kappa shape index (κ2) is 10.0. The van der Waals surface area contributed by atoms with E-state index in [2.05, 4.69) is 5.32 Å². The summed E-state index contributed by atoms with van der Waals surface area (Å²) in [5, 5.41) is 2.89. The van der Waals surface area contributed by atoms with Gasteiger partial charge in [0.1, 0.15) is 0 Å². The van der Waals surface area contributed by atoms with E-state index < -0.39 is 12.1 Å². The number of ketones is 1. The largest absolute Gasteiger partial charge is 0.449 e. The minimum atomic E-state index is -0.925. The van der Waals surface area contributed by atoms with Crippen molar-refractivity contribution < 1.29 is 19.1 Å². The maximum Gasteiger partial charge on any atom is 0.339 e. The summed E-state index contributed by atoms with van der Waals surface area (Å²) in [4.78, 5) is 37.8. The van der Waals surface area contributed by atoms with Crippen molar-refractivity contribution >= 4 is 17.7 Å². The van der Waals surface area contributed by atoms with Crippen LogP contribution in [0.1, 0.15) is 65.3 Å². The van der Waals surface area contributed by atoms with Gasteiger partial charge in [-0.15, -0.1) is 0 Å². The Morgan fingerprint density at radius 2 is 1.55 bits per heavy atom. The summed E-state index contributed by atoms with van der Waals surface area (Å²) >= 11 is 0. The number of hydrogen-bond acceptors (Lipinski definition) is 4. The van der Waals surface area contributed by atoms with Gasteiger partial charge in [-0.3, -0.25) is 9.59 Å². The van der Waals surface area contributed by atoms with Gasteiger partial charge in [-0.1, -0.05) is 67.8 Å². The number of carbonyl (C=O) groups excluding carboxylic acids is 3. The molecule has 1 atom stereocenters. The van der Waals surface area contributed by atoms with Crippen molar-refractivity contribution in [2.75, 3.05) is 6.54 Å². The van der Waals surface area contributed by atoms with Gasteiger partial charge < -0.3 is 10.1 Å². The molecule has 0 spiro atoms. The van der Waals surface area contributed by atoms with Crippen LogP contribution in [0.25, 0.3) is 0 Å². The molecule has 0 aliphatic heterocycles. The first kappa shape index (κ1) is 20.8. The monoisotopic (exact) mass is 393 g/mol. The number of benzene rings is 2. The molecule has 2 aromatic rings. The Balaban J connectivity index is 1.63. The lowest BCUT2D eigenvalue weighted by Gasteiger charge is -2.22. The number of hydrogen-bond donors (Lipinski definition) is 1. The first-order valence-electron chi connectivity index (χ1n) is 10.2. The van der Waals surface area contributed by atoms with Crippen LogP contribution in [0, 0.1) is 5.92 Å². The van der Waals surface area contributed by atoms with Crippen LogP contribution in [0.2, 0.25) is 0 Å². The Bertz CT molecular complexity index is 856. The highest BCUT2D eigenvalue weighted by Crippen LogP contribution is 2.23. The van der Waals surface area contributed by atoms with Crippen LogP contribution in [-0.4, -0.2) is 30.3 Å². The van der Waals surface area contributed by atoms with Gasteiger partial charge in [0.25, 0.3) is 5.91 Å². The van der Waals surface area contributed by atoms with Crippen molar-refractivity contribution in [3.63, 3.8) is 0 Å². The normalized spacial score (nSPS) is 15.3. The second-order valence-electron chi connectivity index (χ2n) is 7.54. The third kappa shape index (κ3) is 5.53. The van der Waals surface area contributed by atoms with Gasteiger partial charge in [0.05, 0.1) is 5.56 Å². The van der Waals surface area contributed by atoms with Crippen molar-refractivity contribution in [2.24, 2.45) is 5.92 Å². The maximum absolute atomic E-state index is 12.8. The molecule has 29 heavy (non-hydrogen) atoms. The molecule has 2 aromatic carbocycles. The van der Waals surface area contributed by atoms with Crippen LogP contribution in [0.4, 0.5) is 0 Å². The molecule has 0 radical (unpaired) electrons. The molecule has 3 rings (SSSR count). The third-order valence-corrected chi connectivity index (χ3v) is 5.37. The standard InChI is InChI=1S/C24H27NO4/c1-17(23(27)25-16-18-10-4-2-5-11-18)29-24(28)21-15-9-8-14-20(21)22(26)19-12-6-3-7-13-19/h3,6-9,12-15,17-18H,2,4-5,10-11,16H2,1H3,(H,25,27). The first-order chi connectivity index (χ1) is 14.1. The molecule has 0 aromatic heterocycles. The number of esters is 1. The fourth-order valence-electron chi connectivity index (χ4n) is 3.66.